The van der Waals surface area contributed by atoms with Crippen LogP contribution in [-0.2, 0) is 14.3 Å². The van der Waals surface area contributed by atoms with Gasteiger partial charge in [0.15, 0.2) is 0 Å². The van der Waals surface area contributed by atoms with E-state index in [1.165, 1.54) is 7.11 Å². The smallest absolute Gasteiger partial charge is 0.308 e. The first kappa shape index (κ1) is 10.9. The summed E-state index contributed by atoms with van der Waals surface area (Å²) in [7, 11) is 1.38. The van der Waals surface area contributed by atoms with Gasteiger partial charge in [-0.1, -0.05) is 30.3 Å². The second-order valence-corrected chi connectivity index (χ2v) is 3.69. The molecule has 2 rings (SSSR count). The Hall–Kier alpha value is -1.61. The summed E-state index contributed by atoms with van der Waals surface area (Å²) in [6.45, 7) is 3.73. The summed E-state index contributed by atoms with van der Waals surface area (Å²) in [5, 5.41) is 0. The highest BCUT2D eigenvalue weighted by molar-refractivity contribution is 5.70. The Labute approximate surface area is 94.7 Å². The molecule has 2 atom stereocenters. The van der Waals surface area contributed by atoms with Gasteiger partial charge < -0.3 is 9.47 Å². The molecule has 0 bridgehead atoms. The van der Waals surface area contributed by atoms with Crippen LogP contribution in [0.5, 0.6) is 0 Å². The maximum Gasteiger partial charge on any atom is 0.308 e. The monoisotopic (exact) mass is 218 g/mol. The number of rotatable bonds is 3. The van der Waals surface area contributed by atoms with Gasteiger partial charge in [0.05, 0.1) is 19.6 Å². The molecule has 0 aliphatic carbocycles. The minimum absolute atomic E-state index is 0.120. The first-order valence-corrected chi connectivity index (χ1v) is 5.20. The molecule has 1 heterocycles. The van der Waals surface area contributed by atoms with Gasteiger partial charge in [-0.25, -0.2) is 0 Å². The molecule has 0 N–H and O–H groups in total. The zero-order chi connectivity index (χ0) is 11.5. The predicted molar refractivity (Wildman–Crippen MR) is 59.8 cm³/mol. The fraction of sp³-hybridized carbons (Fsp3) is 0.308. The molecule has 1 aromatic carbocycles. The number of carbonyl (C=O) groups is 1. The van der Waals surface area contributed by atoms with Crippen LogP contribution in [-0.4, -0.2) is 13.1 Å². The lowest BCUT2D eigenvalue weighted by molar-refractivity contribution is -0.144. The van der Waals surface area contributed by atoms with Crippen molar-refractivity contribution in [1.82, 2.24) is 0 Å². The highest BCUT2D eigenvalue weighted by atomic mass is 16.5. The molecule has 0 fully saturated rings. The number of carbonyl (C=O) groups excluding carboxylic acids is 1. The van der Waals surface area contributed by atoms with Crippen molar-refractivity contribution in [2.75, 3.05) is 7.11 Å². The van der Waals surface area contributed by atoms with Crippen molar-refractivity contribution in [2.24, 2.45) is 0 Å². The second-order valence-electron chi connectivity index (χ2n) is 3.69. The number of methoxy groups -OCH3 is 1. The fourth-order valence-corrected chi connectivity index (χ4v) is 1.96. The van der Waals surface area contributed by atoms with Crippen LogP contribution in [0.25, 0.3) is 0 Å². The van der Waals surface area contributed by atoms with Gasteiger partial charge >= 0.3 is 5.97 Å². The van der Waals surface area contributed by atoms with E-state index in [0.29, 0.717) is 0 Å². The largest absolute Gasteiger partial charge is 0.469 e. The van der Waals surface area contributed by atoms with E-state index in [2.05, 4.69) is 11.3 Å². The third kappa shape index (κ3) is 1.86. The van der Waals surface area contributed by atoms with Crippen LogP contribution < -0.4 is 0 Å². The first-order valence-electron chi connectivity index (χ1n) is 5.20. The van der Waals surface area contributed by atoms with Gasteiger partial charge in [0, 0.05) is 0 Å². The Morgan fingerprint density at radius 1 is 1.50 bits per heavy atom. The summed E-state index contributed by atoms with van der Waals surface area (Å²) in [6.07, 6.45) is 1.66. The molecule has 2 unspecified atom stereocenters. The average Bonchev–Trinajstić information content (AvgIpc) is 2.68. The topological polar surface area (TPSA) is 35.5 Å². The van der Waals surface area contributed by atoms with Crippen molar-refractivity contribution in [3.8, 4) is 0 Å². The molecule has 0 amide bonds. The highest BCUT2D eigenvalue weighted by Crippen LogP contribution is 2.41. The molecule has 0 radical (unpaired) electrons. The molecule has 1 aliphatic heterocycles. The Balaban J connectivity index is 2.25. The number of ether oxygens (including phenoxy) is 2. The predicted octanol–water partition coefficient (Wildman–Crippen LogP) is 2.55. The van der Waals surface area contributed by atoms with Crippen LogP contribution in [0, 0.1) is 0 Å². The van der Waals surface area contributed by atoms with Crippen LogP contribution in [0.3, 0.4) is 0 Å². The SMILES string of the molecule is C=CC1OC(CC(=O)OC)c2ccccc21. The van der Waals surface area contributed by atoms with E-state index in [4.69, 9.17) is 4.74 Å². The zero-order valence-electron chi connectivity index (χ0n) is 9.18. The van der Waals surface area contributed by atoms with Crippen molar-refractivity contribution in [1.29, 1.82) is 0 Å². The lowest BCUT2D eigenvalue weighted by Crippen LogP contribution is -2.07. The highest BCUT2D eigenvalue weighted by Gasteiger charge is 2.31. The van der Waals surface area contributed by atoms with Crippen molar-refractivity contribution in [2.45, 2.75) is 18.6 Å². The lowest BCUT2D eigenvalue weighted by Gasteiger charge is -2.10. The van der Waals surface area contributed by atoms with Crippen molar-refractivity contribution >= 4 is 5.97 Å². The number of fused-ring (bicyclic) bond motifs is 1. The van der Waals surface area contributed by atoms with Crippen LogP contribution >= 0.6 is 0 Å². The Kier molecular flexibility index (Phi) is 3.06. The third-order valence-electron chi connectivity index (χ3n) is 2.75. The molecule has 1 aromatic rings. The van der Waals surface area contributed by atoms with Crippen LogP contribution in [0.1, 0.15) is 29.8 Å². The van der Waals surface area contributed by atoms with Crippen molar-refractivity contribution < 1.29 is 14.3 Å². The summed E-state index contributed by atoms with van der Waals surface area (Å²) in [5.74, 6) is -0.260. The van der Waals surface area contributed by atoms with Gasteiger partial charge in [-0.2, -0.15) is 0 Å². The van der Waals surface area contributed by atoms with Gasteiger partial charge in [-0.3, -0.25) is 4.79 Å². The van der Waals surface area contributed by atoms with Gasteiger partial charge in [-0.05, 0) is 11.1 Å². The minimum atomic E-state index is -0.260. The first-order chi connectivity index (χ1) is 7.76. The molecule has 1 aliphatic rings. The molecule has 0 spiro atoms. The van der Waals surface area contributed by atoms with Crippen LogP contribution in [0.2, 0.25) is 0 Å². The Morgan fingerprint density at radius 2 is 2.19 bits per heavy atom. The van der Waals surface area contributed by atoms with Gasteiger partial charge in [0.25, 0.3) is 0 Å². The number of hydrogen-bond acceptors (Lipinski definition) is 3. The van der Waals surface area contributed by atoms with Gasteiger partial charge in [0.1, 0.15) is 6.10 Å². The molecule has 0 aromatic heterocycles. The summed E-state index contributed by atoms with van der Waals surface area (Å²) < 4.78 is 10.4. The van der Waals surface area contributed by atoms with E-state index in [0.717, 1.165) is 11.1 Å². The lowest BCUT2D eigenvalue weighted by atomic mass is 10.0. The van der Waals surface area contributed by atoms with E-state index in [1.54, 1.807) is 6.08 Å². The van der Waals surface area contributed by atoms with E-state index >= 15 is 0 Å². The normalized spacial score (nSPS) is 22.6. The van der Waals surface area contributed by atoms with Crippen molar-refractivity contribution in [3.05, 3.63) is 48.0 Å². The Morgan fingerprint density at radius 3 is 2.81 bits per heavy atom. The molecule has 16 heavy (non-hydrogen) atoms. The van der Waals surface area contributed by atoms with Gasteiger partial charge in [-0.15, -0.1) is 6.58 Å². The zero-order valence-corrected chi connectivity index (χ0v) is 9.18. The molecule has 84 valence electrons. The molecular weight excluding hydrogens is 204 g/mol. The van der Waals surface area contributed by atoms with Crippen LogP contribution in [0.4, 0.5) is 0 Å². The molecule has 3 nitrogen and oxygen atoms in total. The third-order valence-corrected chi connectivity index (χ3v) is 2.75. The summed E-state index contributed by atoms with van der Waals surface area (Å²) in [6, 6.07) is 7.88. The number of hydrogen-bond donors (Lipinski definition) is 0. The Bertz CT molecular complexity index is 411. The molecule has 3 heteroatoms. The van der Waals surface area contributed by atoms with Crippen molar-refractivity contribution in [3.63, 3.8) is 0 Å². The number of esters is 1. The van der Waals surface area contributed by atoms with E-state index in [1.807, 2.05) is 24.3 Å². The molecule has 0 saturated carbocycles. The minimum Gasteiger partial charge on any atom is -0.469 e. The quantitative estimate of drug-likeness (QED) is 0.577. The van der Waals surface area contributed by atoms with E-state index in [9.17, 15) is 4.79 Å². The summed E-state index contributed by atoms with van der Waals surface area (Å²) in [5.41, 5.74) is 2.14. The summed E-state index contributed by atoms with van der Waals surface area (Å²) >= 11 is 0. The number of benzene rings is 1. The van der Waals surface area contributed by atoms with E-state index < -0.39 is 0 Å². The fourth-order valence-electron chi connectivity index (χ4n) is 1.96. The summed E-state index contributed by atoms with van der Waals surface area (Å²) in [4.78, 5) is 11.2. The maximum absolute atomic E-state index is 11.2. The van der Waals surface area contributed by atoms with E-state index in [-0.39, 0.29) is 24.6 Å². The maximum atomic E-state index is 11.2. The van der Waals surface area contributed by atoms with Gasteiger partial charge in [0.2, 0.25) is 0 Å². The molecule has 0 saturated heterocycles. The standard InChI is InChI=1S/C13H14O3/c1-3-11-9-6-4-5-7-10(9)12(16-11)8-13(14)15-2/h3-7,11-12H,1,8H2,2H3. The molecular formula is C13H14O3. The second kappa shape index (κ2) is 4.49. The average molecular weight is 218 g/mol. The van der Waals surface area contributed by atoms with Crippen LogP contribution in [0.15, 0.2) is 36.9 Å².